The molecule has 0 aliphatic rings. The Bertz CT molecular complexity index is 147. The van der Waals surface area contributed by atoms with E-state index in [-0.39, 0.29) is 0 Å². The first-order valence-electron chi connectivity index (χ1n) is 6.94. The summed E-state index contributed by atoms with van der Waals surface area (Å²) in [6, 6.07) is 4.14. The standard InChI is InChI=1S/C13H29IOSi/c1-4-7-10-15-16(11-5-2,12-6-3)13-8-9-14/h4-13H2,1-3H3. The van der Waals surface area contributed by atoms with Gasteiger partial charge in [0.05, 0.1) is 0 Å². The second-order valence-corrected chi connectivity index (χ2v) is 9.91. The molecule has 0 fully saturated rings. The molecule has 0 aliphatic heterocycles. The lowest BCUT2D eigenvalue weighted by molar-refractivity contribution is 0.288. The van der Waals surface area contributed by atoms with Crippen LogP contribution in [0.1, 0.15) is 52.9 Å². The Hall–Kier alpha value is 0.907. The van der Waals surface area contributed by atoms with Gasteiger partial charge in [-0.1, -0.05) is 62.6 Å². The summed E-state index contributed by atoms with van der Waals surface area (Å²) >= 11 is 2.50. The third-order valence-electron chi connectivity index (χ3n) is 3.08. The molecule has 0 amide bonds. The van der Waals surface area contributed by atoms with E-state index >= 15 is 0 Å². The van der Waals surface area contributed by atoms with Gasteiger partial charge in [0, 0.05) is 6.61 Å². The molecule has 0 heterocycles. The topological polar surface area (TPSA) is 9.23 Å². The van der Waals surface area contributed by atoms with Crippen LogP contribution >= 0.6 is 22.6 Å². The molecule has 0 radical (unpaired) electrons. The SMILES string of the molecule is CCCCO[Si](CCC)(CCC)CCCI. The zero-order valence-electron chi connectivity index (χ0n) is 11.4. The van der Waals surface area contributed by atoms with Crippen LogP contribution in [-0.2, 0) is 4.43 Å². The van der Waals surface area contributed by atoms with Crippen molar-refractivity contribution >= 4 is 30.9 Å². The minimum atomic E-state index is -1.36. The van der Waals surface area contributed by atoms with E-state index < -0.39 is 8.32 Å². The molecule has 0 atom stereocenters. The van der Waals surface area contributed by atoms with Gasteiger partial charge in [-0.15, -0.1) is 0 Å². The summed E-state index contributed by atoms with van der Waals surface area (Å²) in [6.45, 7) is 7.89. The second kappa shape index (κ2) is 11.0. The fraction of sp³-hybridized carbons (Fsp3) is 1.00. The monoisotopic (exact) mass is 356 g/mol. The molecule has 0 saturated heterocycles. The minimum Gasteiger partial charge on any atom is -0.417 e. The van der Waals surface area contributed by atoms with Crippen molar-refractivity contribution in [3.8, 4) is 0 Å². The zero-order chi connectivity index (χ0) is 12.3. The van der Waals surface area contributed by atoms with Crippen molar-refractivity contribution in [3.05, 3.63) is 0 Å². The zero-order valence-corrected chi connectivity index (χ0v) is 14.5. The van der Waals surface area contributed by atoms with E-state index in [1.54, 1.807) is 0 Å². The Balaban J connectivity index is 4.24. The van der Waals surface area contributed by atoms with Crippen molar-refractivity contribution in [2.24, 2.45) is 0 Å². The highest BCUT2D eigenvalue weighted by atomic mass is 127. The predicted octanol–water partition coefficient (Wildman–Crippen LogP) is 5.39. The average molecular weight is 356 g/mol. The molecule has 0 aliphatic carbocycles. The van der Waals surface area contributed by atoms with E-state index in [1.165, 1.54) is 54.7 Å². The Kier molecular flexibility index (Phi) is 11.6. The van der Waals surface area contributed by atoms with Gasteiger partial charge in [-0.05, 0) is 35.4 Å². The van der Waals surface area contributed by atoms with Crippen LogP contribution in [0.25, 0.3) is 0 Å². The van der Waals surface area contributed by atoms with Gasteiger partial charge in [0.15, 0.2) is 8.32 Å². The molecule has 0 aromatic carbocycles. The molecule has 0 aromatic rings. The number of unbranched alkanes of at least 4 members (excludes halogenated alkanes) is 1. The van der Waals surface area contributed by atoms with E-state index in [9.17, 15) is 0 Å². The van der Waals surface area contributed by atoms with Crippen LogP contribution in [0.5, 0.6) is 0 Å². The van der Waals surface area contributed by atoms with Gasteiger partial charge >= 0.3 is 0 Å². The van der Waals surface area contributed by atoms with Gasteiger partial charge < -0.3 is 4.43 Å². The largest absolute Gasteiger partial charge is 0.417 e. The smallest absolute Gasteiger partial charge is 0.192 e. The molecular weight excluding hydrogens is 327 g/mol. The first-order valence-corrected chi connectivity index (χ1v) is 11.0. The maximum Gasteiger partial charge on any atom is 0.192 e. The van der Waals surface area contributed by atoms with E-state index in [1.807, 2.05) is 0 Å². The highest BCUT2D eigenvalue weighted by molar-refractivity contribution is 14.1. The molecule has 0 unspecified atom stereocenters. The van der Waals surface area contributed by atoms with Gasteiger partial charge in [0.25, 0.3) is 0 Å². The Morgan fingerprint density at radius 3 is 1.94 bits per heavy atom. The fourth-order valence-corrected chi connectivity index (χ4v) is 7.83. The molecule has 0 spiro atoms. The van der Waals surface area contributed by atoms with Crippen molar-refractivity contribution in [2.45, 2.75) is 71.0 Å². The summed E-state index contributed by atoms with van der Waals surface area (Å²) in [5, 5.41) is 0. The molecule has 0 bridgehead atoms. The summed E-state index contributed by atoms with van der Waals surface area (Å²) in [5.41, 5.74) is 0. The number of hydrogen-bond donors (Lipinski definition) is 0. The lowest BCUT2D eigenvalue weighted by Gasteiger charge is -2.31. The molecule has 3 heteroatoms. The van der Waals surface area contributed by atoms with E-state index in [0.717, 1.165) is 6.61 Å². The van der Waals surface area contributed by atoms with Crippen molar-refractivity contribution in [2.75, 3.05) is 11.0 Å². The van der Waals surface area contributed by atoms with Gasteiger partial charge in [0.2, 0.25) is 0 Å². The maximum atomic E-state index is 6.39. The normalized spacial score (nSPS) is 12.0. The molecule has 0 aromatic heterocycles. The Morgan fingerprint density at radius 2 is 1.50 bits per heavy atom. The highest BCUT2D eigenvalue weighted by Crippen LogP contribution is 2.28. The third-order valence-corrected chi connectivity index (χ3v) is 8.75. The van der Waals surface area contributed by atoms with Crippen molar-refractivity contribution in [1.82, 2.24) is 0 Å². The number of hydrogen-bond acceptors (Lipinski definition) is 1. The summed E-state index contributed by atoms with van der Waals surface area (Å²) in [5.74, 6) is 0. The molecule has 0 rings (SSSR count). The molecule has 98 valence electrons. The highest BCUT2D eigenvalue weighted by Gasteiger charge is 2.32. The number of halogens is 1. The first-order chi connectivity index (χ1) is 7.74. The average Bonchev–Trinajstić information content (AvgIpc) is 2.27. The number of alkyl halides is 1. The van der Waals surface area contributed by atoms with Crippen LogP contribution < -0.4 is 0 Å². The van der Waals surface area contributed by atoms with Crippen LogP contribution in [0.2, 0.25) is 18.1 Å². The molecule has 0 N–H and O–H groups in total. The third kappa shape index (κ3) is 7.28. The Morgan fingerprint density at radius 1 is 0.875 bits per heavy atom. The van der Waals surface area contributed by atoms with Crippen molar-refractivity contribution < 1.29 is 4.43 Å². The summed E-state index contributed by atoms with van der Waals surface area (Å²) in [4.78, 5) is 0. The maximum absolute atomic E-state index is 6.39. The van der Waals surface area contributed by atoms with E-state index in [2.05, 4.69) is 43.4 Å². The van der Waals surface area contributed by atoms with Crippen LogP contribution in [0, 0.1) is 0 Å². The lowest BCUT2D eigenvalue weighted by Crippen LogP contribution is -2.38. The fourth-order valence-electron chi connectivity index (χ4n) is 2.32. The van der Waals surface area contributed by atoms with Gasteiger partial charge in [-0.25, -0.2) is 0 Å². The number of rotatable bonds is 11. The molecule has 16 heavy (non-hydrogen) atoms. The van der Waals surface area contributed by atoms with Crippen LogP contribution in [0.3, 0.4) is 0 Å². The summed E-state index contributed by atoms with van der Waals surface area (Å²) in [6.07, 6.45) is 6.47. The quantitative estimate of drug-likeness (QED) is 0.209. The van der Waals surface area contributed by atoms with E-state index in [0.29, 0.717) is 0 Å². The molecule has 0 saturated carbocycles. The Labute approximate surface area is 117 Å². The first kappa shape index (κ1) is 16.9. The minimum absolute atomic E-state index is 1.02. The van der Waals surface area contributed by atoms with Gasteiger partial charge in [-0.3, -0.25) is 0 Å². The lowest BCUT2D eigenvalue weighted by atomic mass is 10.4. The summed E-state index contributed by atoms with van der Waals surface area (Å²) < 4.78 is 7.68. The van der Waals surface area contributed by atoms with Crippen LogP contribution in [0.4, 0.5) is 0 Å². The van der Waals surface area contributed by atoms with Gasteiger partial charge in [0.1, 0.15) is 0 Å². The van der Waals surface area contributed by atoms with Gasteiger partial charge in [-0.2, -0.15) is 0 Å². The molecule has 1 nitrogen and oxygen atoms in total. The molecular formula is C13H29IOSi. The predicted molar refractivity (Wildman–Crippen MR) is 85.1 cm³/mol. The van der Waals surface area contributed by atoms with Crippen LogP contribution in [-0.4, -0.2) is 19.4 Å². The van der Waals surface area contributed by atoms with Crippen molar-refractivity contribution in [1.29, 1.82) is 0 Å². The van der Waals surface area contributed by atoms with E-state index in [4.69, 9.17) is 4.43 Å². The second-order valence-electron chi connectivity index (χ2n) is 4.68. The summed E-state index contributed by atoms with van der Waals surface area (Å²) in [7, 11) is -1.36. The van der Waals surface area contributed by atoms with Crippen LogP contribution in [0.15, 0.2) is 0 Å². The van der Waals surface area contributed by atoms with Crippen molar-refractivity contribution in [3.63, 3.8) is 0 Å².